The van der Waals surface area contributed by atoms with Gasteiger partial charge in [0, 0.05) is 12.6 Å². The fourth-order valence-electron chi connectivity index (χ4n) is 2.14. The molecule has 1 aromatic carbocycles. The van der Waals surface area contributed by atoms with Crippen LogP contribution in [0.15, 0.2) is 24.3 Å². The fraction of sp³-hybridized carbons (Fsp3) is 0.600. The van der Waals surface area contributed by atoms with Crippen molar-refractivity contribution in [2.24, 2.45) is 5.92 Å². The summed E-state index contributed by atoms with van der Waals surface area (Å²) in [6, 6.07) is 5.05. The second-order valence-electron chi connectivity index (χ2n) is 5.58. The van der Waals surface area contributed by atoms with E-state index in [1.807, 2.05) is 6.92 Å². The SMILES string of the molecule is CC(C)CC(C)NCC(O)c1cccc(C(F)(F)F)c1. The minimum Gasteiger partial charge on any atom is -0.387 e. The van der Waals surface area contributed by atoms with Gasteiger partial charge in [0.25, 0.3) is 0 Å². The molecule has 0 aliphatic heterocycles. The number of rotatable bonds is 6. The third-order valence-electron chi connectivity index (χ3n) is 3.08. The predicted octanol–water partition coefficient (Wildman–Crippen LogP) is 3.76. The first-order chi connectivity index (χ1) is 9.20. The van der Waals surface area contributed by atoms with Gasteiger partial charge in [-0.2, -0.15) is 13.2 Å². The molecule has 0 aliphatic rings. The second-order valence-corrected chi connectivity index (χ2v) is 5.58. The average Bonchev–Trinajstić information content (AvgIpc) is 2.34. The lowest BCUT2D eigenvalue weighted by molar-refractivity contribution is -0.137. The monoisotopic (exact) mass is 289 g/mol. The number of hydrogen-bond acceptors (Lipinski definition) is 2. The van der Waals surface area contributed by atoms with Crippen molar-refractivity contribution in [3.05, 3.63) is 35.4 Å². The Bertz CT molecular complexity index is 418. The van der Waals surface area contributed by atoms with E-state index in [9.17, 15) is 18.3 Å². The number of hydrogen-bond donors (Lipinski definition) is 2. The van der Waals surface area contributed by atoms with Crippen LogP contribution in [-0.4, -0.2) is 17.7 Å². The molecule has 5 heteroatoms. The van der Waals surface area contributed by atoms with Gasteiger partial charge in [0.05, 0.1) is 11.7 Å². The molecule has 0 amide bonds. The Hall–Kier alpha value is -1.07. The number of halogens is 3. The Morgan fingerprint density at radius 2 is 1.85 bits per heavy atom. The minimum atomic E-state index is -4.38. The summed E-state index contributed by atoms with van der Waals surface area (Å²) < 4.78 is 37.8. The van der Waals surface area contributed by atoms with E-state index in [0.29, 0.717) is 5.92 Å². The molecule has 2 N–H and O–H groups in total. The zero-order chi connectivity index (χ0) is 15.3. The number of nitrogens with one attached hydrogen (secondary N) is 1. The van der Waals surface area contributed by atoms with Crippen molar-refractivity contribution in [1.82, 2.24) is 5.32 Å². The van der Waals surface area contributed by atoms with Gasteiger partial charge in [0.15, 0.2) is 0 Å². The van der Waals surface area contributed by atoms with E-state index in [2.05, 4.69) is 19.2 Å². The van der Waals surface area contributed by atoms with Crippen LogP contribution in [0.2, 0.25) is 0 Å². The lowest BCUT2D eigenvalue weighted by atomic mass is 10.0. The average molecular weight is 289 g/mol. The van der Waals surface area contributed by atoms with E-state index in [4.69, 9.17) is 0 Å². The van der Waals surface area contributed by atoms with Crippen molar-refractivity contribution < 1.29 is 18.3 Å². The summed E-state index contributed by atoms with van der Waals surface area (Å²) in [4.78, 5) is 0. The van der Waals surface area contributed by atoms with Gasteiger partial charge in [-0.1, -0.05) is 26.0 Å². The molecule has 2 nitrogen and oxygen atoms in total. The largest absolute Gasteiger partial charge is 0.416 e. The zero-order valence-electron chi connectivity index (χ0n) is 12.0. The number of aliphatic hydroxyl groups excluding tert-OH is 1. The van der Waals surface area contributed by atoms with Crippen molar-refractivity contribution in [2.45, 2.75) is 45.5 Å². The normalized spacial score (nSPS) is 15.4. The molecular formula is C15H22F3NO. The van der Waals surface area contributed by atoms with Crippen LogP contribution in [0.5, 0.6) is 0 Å². The summed E-state index contributed by atoms with van der Waals surface area (Å²) in [6.45, 7) is 6.44. The van der Waals surface area contributed by atoms with Gasteiger partial charge in [0.2, 0.25) is 0 Å². The first-order valence-corrected chi connectivity index (χ1v) is 6.78. The Labute approximate surface area is 118 Å². The predicted molar refractivity (Wildman–Crippen MR) is 73.3 cm³/mol. The summed E-state index contributed by atoms with van der Waals surface area (Å²) >= 11 is 0. The van der Waals surface area contributed by atoms with Crippen molar-refractivity contribution in [3.8, 4) is 0 Å². The molecule has 20 heavy (non-hydrogen) atoms. The molecule has 2 atom stereocenters. The van der Waals surface area contributed by atoms with Crippen molar-refractivity contribution in [2.75, 3.05) is 6.54 Å². The van der Waals surface area contributed by atoms with Gasteiger partial charge in [-0.05, 0) is 37.0 Å². The van der Waals surface area contributed by atoms with E-state index in [1.54, 1.807) is 0 Å². The molecule has 1 aromatic rings. The van der Waals surface area contributed by atoms with Crippen LogP contribution in [0.25, 0.3) is 0 Å². The van der Waals surface area contributed by atoms with Crippen molar-refractivity contribution in [1.29, 1.82) is 0 Å². The van der Waals surface area contributed by atoms with E-state index < -0.39 is 17.8 Å². The smallest absolute Gasteiger partial charge is 0.387 e. The van der Waals surface area contributed by atoms with Crippen LogP contribution in [0.4, 0.5) is 13.2 Å². The molecular weight excluding hydrogens is 267 g/mol. The molecule has 0 radical (unpaired) electrons. The van der Waals surface area contributed by atoms with Crippen LogP contribution >= 0.6 is 0 Å². The quantitative estimate of drug-likeness (QED) is 0.835. The molecule has 0 fully saturated rings. The minimum absolute atomic E-state index is 0.218. The van der Waals surface area contributed by atoms with E-state index in [-0.39, 0.29) is 18.2 Å². The van der Waals surface area contributed by atoms with Crippen LogP contribution in [0.3, 0.4) is 0 Å². The van der Waals surface area contributed by atoms with Gasteiger partial charge >= 0.3 is 6.18 Å². The molecule has 114 valence electrons. The second kappa shape index (κ2) is 7.09. The van der Waals surface area contributed by atoms with Gasteiger partial charge in [-0.15, -0.1) is 0 Å². The molecule has 0 spiro atoms. The molecule has 0 saturated heterocycles. The molecule has 2 unspecified atom stereocenters. The molecule has 0 saturated carbocycles. The van der Waals surface area contributed by atoms with E-state index in [1.165, 1.54) is 12.1 Å². The van der Waals surface area contributed by atoms with Crippen molar-refractivity contribution >= 4 is 0 Å². The highest BCUT2D eigenvalue weighted by molar-refractivity contribution is 5.27. The Kier molecular flexibility index (Phi) is 6.02. The third-order valence-corrected chi connectivity index (χ3v) is 3.08. The summed E-state index contributed by atoms with van der Waals surface area (Å²) in [5.74, 6) is 0.531. The highest BCUT2D eigenvalue weighted by atomic mass is 19.4. The number of alkyl halides is 3. The summed E-state index contributed by atoms with van der Waals surface area (Å²) in [5, 5.41) is 13.1. The van der Waals surface area contributed by atoms with Gasteiger partial charge in [-0.3, -0.25) is 0 Å². The summed E-state index contributed by atoms with van der Waals surface area (Å²) in [7, 11) is 0. The van der Waals surface area contributed by atoms with Gasteiger partial charge < -0.3 is 10.4 Å². The van der Waals surface area contributed by atoms with Gasteiger partial charge in [-0.25, -0.2) is 0 Å². The van der Waals surface area contributed by atoms with Gasteiger partial charge in [0.1, 0.15) is 0 Å². The van der Waals surface area contributed by atoms with E-state index in [0.717, 1.165) is 18.6 Å². The summed E-state index contributed by atoms with van der Waals surface area (Å²) in [6.07, 6.45) is -4.37. The zero-order valence-corrected chi connectivity index (χ0v) is 12.0. The van der Waals surface area contributed by atoms with Crippen LogP contribution < -0.4 is 5.32 Å². The number of benzene rings is 1. The molecule has 0 aliphatic carbocycles. The fourth-order valence-corrected chi connectivity index (χ4v) is 2.14. The highest BCUT2D eigenvalue weighted by Crippen LogP contribution is 2.30. The maximum atomic E-state index is 12.6. The Morgan fingerprint density at radius 3 is 2.40 bits per heavy atom. The first-order valence-electron chi connectivity index (χ1n) is 6.78. The maximum Gasteiger partial charge on any atom is 0.416 e. The standard InChI is InChI=1S/C15H22F3NO/c1-10(2)7-11(3)19-9-14(20)12-5-4-6-13(8-12)15(16,17)18/h4-6,8,10-11,14,19-20H,7,9H2,1-3H3. The molecule has 0 bridgehead atoms. The first kappa shape index (κ1) is 17.0. The third kappa shape index (κ3) is 5.51. The Morgan fingerprint density at radius 1 is 1.20 bits per heavy atom. The lowest BCUT2D eigenvalue weighted by Gasteiger charge is -2.19. The molecule has 0 heterocycles. The van der Waals surface area contributed by atoms with Crippen molar-refractivity contribution in [3.63, 3.8) is 0 Å². The summed E-state index contributed by atoms with van der Waals surface area (Å²) in [5.41, 5.74) is -0.451. The van der Waals surface area contributed by atoms with E-state index >= 15 is 0 Å². The van der Waals surface area contributed by atoms with Crippen LogP contribution in [0.1, 0.15) is 44.4 Å². The topological polar surface area (TPSA) is 32.3 Å². The Balaban J connectivity index is 2.62. The molecule has 1 rings (SSSR count). The lowest BCUT2D eigenvalue weighted by Crippen LogP contribution is -2.31. The molecule has 0 aromatic heterocycles. The van der Waals surface area contributed by atoms with Crippen LogP contribution in [-0.2, 0) is 6.18 Å². The highest BCUT2D eigenvalue weighted by Gasteiger charge is 2.30. The maximum absolute atomic E-state index is 12.6. The van der Waals surface area contributed by atoms with Crippen LogP contribution in [0, 0.1) is 5.92 Å². The number of aliphatic hydroxyl groups is 1.